The van der Waals surface area contributed by atoms with Gasteiger partial charge in [0.2, 0.25) is 5.82 Å². The molecule has 120 valence electrons. The van der Waals surface area contributed by atoms with Gasteiger partial charge in [0.05, 0.1) is 5.92 Å². The quantitative estimate of drug-likeness (QED) is 0.583. The van der Waals surface area contributed by atoms with Gasteiger partial charge in [-0.1, -0.05) is 12.8 Å². The van der Waals surface area contributed by atoms with Crippen molar-refractivity contribution in [3.05, 3.63) is 11.9 Å². The van der Waals surface area contributed by atoms with Gasteiger partial charge in [-0.25, -0.2) is 26.8 Å². The van der Waals surface area contributed by atoms with Gasteiger partial charge in [-0.15, -0.1) is 0 Å². The third-order valence-electron chi connectivity index (χ3n) is 2.47. The van der Waals surface area contributed by atoms with Gasteiger partial charge in [-0.2, -0.15) is 0 Å². The average molecular weight is 346 g/mol. The Hall–Kier alpha value is -1.99. The fourth-order valence-electron chi connectivity index (χ4n) is 1.21. The van der Waals surface area contributed by atoms with Gasteiger partial charge >= 0.3 is 5.97 Å². The molecule has 0 radical (unpaired) electrons. The van der Waals surface area contributed by atoms with Gasteiger partial charge in [0.1, 0.15) is 0 Å². The van der Waals surface area contributed by atoms with Crippen LogP contribution in [-0.4, -0.2) is 50.4 Å². The summed E-state index contributed by atoms with van der Waals surface area (Å²) in [5.74, 6) is 2.84. The SMILES string of the molecule is CC(CC#Cc1nc(S(C)(=O)=O)cc(S(C)(=O)=O)n1)C(=O)O. The number of carbonyl (C=O) groups is 1. The van der Waals surface area contributed by atoms with Crippen LogP contribution in [0, 0.1) is 17.8 Å². The summed E-state index contributed by atoms with van der Waals surface area (Å²) in [6.07, 6.45) is 1.76. The number of carboxylic acid groups (broad SMARTS) is 1. The summed E-state index contributed by atoms with van der Waals surface area (Å²) in [5, 5.41) is 7.80. The van der Waals surface area contributed by atoms with Gasteiger partial charge in [0, 0.05) is 25.0 Å². The van der Waals surface area contributed by atoms with Crippen molar-refractivity contribution in [3.8, 4) is 11.8 Å². The van der Waals surface area contributed by atoms with Crippen molar-refractivity contribution in [2.24, 2.45) is 5.92 Å². The van der Waals surface area contributed by atoms with Crippen LogP contribution in [0.5, 0.6) is 0 Å². The number of carboxylic acids is 1. The predicted octanol–water partition coefficient (Wildman–Crippen LogP) is -0.254. The fraction of sp³-hybridized carbons (Fsp3) is 0.417. The summed E-state index contributed by atoms with van der Waals surface area (Å²) in [5.41, 5.74) is 0. The summed E-state index contributed by atoms with van der Waals surface area (Å²) in [7, 11) is -7.48. The van der Waals surface area contributed by atoms with Gasteiger partial charge < -0.3 is 5.11 Å². The highest BCUT2D eigenvalue weighted by Crippen LogP contribution is 2.12. The molecule has 1 heterocycles. The van der Waals surface area contributed by atoms with E-state index in [0.717, 1.165) is 18.6 Å². The van der Waals surface area contributed by atoms with Crippen LogP contribution >= 0.6 is 0 Å². The molecule has 1 atom stereocenters. The zero-order valence-electron chi connectivity index (χ0n) is 12.1. The van der Waals surface area contributed by atoms with Crippen molar-refractivity contribution in [2.45, 2.75) is 23.4 Å². The van der Waals surface area contributed by atoms with Crippen LogP contribution in [0.25, 0.3) is 0 Å². The average Bonchev–Trinajstić information content (AvgIpc) is 2.36. The van der Waals surface area contributed by atoms with E-state index in [2.05, 4.69) is 21.8 Å². The third-order valence-corrected chi connectivity index (χ3v) is 4.41. The van der Waals surface area contributed by atoms with Gasteiger partial charge in [-0.05, 0) is 5.92 Å². The normalized spacial score (nSPS) is 13.0. The molecule has 1 unspecified atom stereocenters. The lowest BCUT2D eigenvalue weighted by Crippen LogP contribution is -2.10. The number of hydrogen-bond donors (Lipinski definition) is 1. The van der Waals surface area contributed by atoms with E-state index in [1.54, 1.807) is 0 Å². The van der Waals surface area contributed by atoms with E-state index in [1.165, 1.54) is 6.92 Å². The molecule has 0 aromatic carbocycles. The van der Waals surface area contributed by atoms with E-state index >= 15 is 0 Å². The van der Waals surface area contributed by atoms with Gasteiger partial charge in [0.15, 0.2) is 29.7 Å². The lowest BCUT2D eigenvalue weighted by atomic mass is 10.1. The molecule has 0 saturated carbocycles. The van der Waals surface area contributed by atoms with Crippen molar-refractivity contribution in [3.63, 3.8) is 0 Å². The van der Waals surface area contributed by atoms with E-state index in [4.69, 9.17) is 5.11 Å². The Kier molecular flexibility index (Phi) is 5.26. The Morgan fingerprint density at radius 2 is 1.64 bits per heavy atom. The predicted molar refractivity (Wildman–Crippen MR) is 76.5 cm³/mol. The molecule has 10 heteroatoms. The van der Waals surface area contributed by atoms with Crippen molar-refractivity contribution in [1.29, 1.82) is 0 Å². The minimum atomic E-state index is -3.74. The van der Waals surface area contributed by atoms with Crippen LogP contribution in [0.1, 0.15) is 19.2 Å². The summed E-state index contributed by atoms with van der Waals surface area (Å²) < 4.78 is 46.1. The van der Waals surface area contributed by atoms with E-state index < -0.39 is 41.6 Å². The molecule has 1 aromatic heterocycles. The number of rotatable bonds is 4. The molecule has 8 nitrogen and oxygen atoms in total. The standard InChI is InChI=1S/C12H14N2O6S2/c1-8(12(15)16)5-4-6-9-13-10(21(2,17)18)7-11(14-9)22(3,19)20/h7-8H,5H2,1-3H3,(H,15,16). The Balaban J connectivity index is 3.32. The molecule has 1 aromatic rings. The highest BCUT2D eigenvalue weighted by Gasteiger charge is 2.18. The molecule has 0 aliphatic rings. The maximum absolute atomic E-state index is 11.5. The molecule has 0 aliphatic carbocycles. The minimum absolute atomic E-state index is 0.00396. The van der Waals surface area contributed by atoms with Crippen molar-refractivity contribution < 1.29 is 26.7 Å². The van der Waals surface area contributed by atoms with Gasteiger partial charge in [0.25, 0.3) is 0 Å². The van der Waals surface area contributed by atoms with E-state index in [0.29, 0.717) is 0 Å². The second-order valence-corrected chi connectivity index (χ2v) is 8.58. The topological polar surface area (TPSA) is 131 Å². The van der Waals surface area contributed by atoms with Crippen LogP contribution < -0.4 is 0 Å². The molecule has 0 spiro atoms. The van der Waals surface area contributed by atoms with Crippen molar-refractivity contribution in [2.75, 3.05) is 12.5 Å². The molecular formula is C12H14N2O6S2. The Bertz CT molecular complexity index is 812. The van der Waals surface area contributed by atoms with Crippen LogP contribution in [0.4, 0.5) is 0 Å². The molecular weight excluding hydrogens is 332 g/mol. The molecule has 1 N–H and O–H groups in total. The van der Waals surface area contributed by atoms with Crippen LogP contribution in [-0.2, 0) is 24.5 Å². The smallest absolute Gasteiger partial charge is 0.307 e. The third kappa shape index (κ3) is 5.09. The lowest BCUT2D eigenvalue weighted by molar-refractivity contribution is -0.140. The second kappa shape index (κ2) is 6.41. The first-order valence-electron chi connectivity index (χ1n) is 5.92. The zero-order chi connectivity index (χ0) is 17.1. The van der Waals surface area contributed by atoms with Crippen molar-refractivity contribution >= 4 is 25.6 Å². The van der Waals surface area contributed by atoms with Crippen LogP contribution in [0.15, 0.2) is 16.1 Å². The molecule has 22 heavy (non-hydrogen) atoms. The molecule has 1 rings (SSSR count). The summed E-state index contributed by atoms with van der Waals surface area (Å²) >= 11 is 0. The first kappa shape index (κ1) is 18.1. The summed E-state index contributed by atoms with van der Waals surface area (Å²) in [6, 6.07) is 0.857. The second-order valence-electron chi connectivity index (χ2n) is 4.66. The van der Waals surface area contributed by atoms with Crippen LogP contribution in [0.3, 0.4) is 0 Å². The van der Waals surface area contributed by atoms with E-state index in [1.807, 2.05) is 0 Å². The minimum Gasteiger partial charge on any atom is -0.481 e. The Labute approximate surface area is 128 Å². The number of aromatic nitrogens is 2. The monoisotopic (exact) mass is 346 g/mol. The maximum atomic E-state index is 11.5. The number of sulfone groups is 2. The Morgan fingerprint density at radius 1 is 1.18 bits per heavy atom. The molecule has 0 aliphatic heterocycles. The molecule has 0 saturated heterocycles. The first-order chi connectivity index (χ1) is 9.91. The number of aliphatic carboxylic acids is 1. The first-order valence-corrected chi connectivity index (χ1v) is 9.70. The lowest BCUT2D eigenvalue weighted by Gasteiger charge is -2.02. The Morgan fingerprint density at radius 3 is 2.00 bits per heavy atom. The number of hydrogen-bond acceptors (Lipinski definition) is 7. The fourth-order valence-corrected chi connectivity index (χ4v) is 2.44. The van der Waals surface area contributed by atoms with Gasteiger partial charge in [-0.3, -0.25) is 4.79 Å². The van der Waals surface area contributed by atoms with Crippen LogP contribution in [0.2, 0.25) is 0 Å². The van der Waals surface area contributed by atoms with E-state index in [9.17, 15) is 21.6 Å². The molecule has 0 amide bonds. The zero-order valence-corrected chi connectivity index (χ0v) is 13.7. The van der Waals surface area contributed by atoms with Crippen molar-refractivity contribution in [1.82, 2.24) is 9.97 Å². The summed E-state index contributed by atoms with van der Waals surface area (Å²) in [4.78, 5) is 18.0. The highest BCUT2D eigenvalue weighted by atomic mass is 32.2. The molecule has 0 bridgehead atoms. The highest BCUT2D eigenvalue weighted by molar-refractivity contribution is 7.91. The van der Waals surface area contributed by atoms with E-state index in [-0.39, 0.29) is 12.2 Å². The summed E-state index contributed by atoms with van der Waals surface area (Å²) in [6.45, 7) is 1.45. The number of nitrogens with zero attached hydrogens (tertiary/aromatic N) is 2. The maximum Gasteiger partial charge on any atom is 0.307 e. The molecule has 0 fully saturated rings. The largest absolute Gasteiger partial charge is 0.481 e.